The molecule has 16 heavy (non-hydrogen) atoms. The van der Waals surface area contributed by atoms with E-state index in [4.69, 9.17) is 0 Å². The van der Waals surface area contributed by atoms with Crippen LogP contribution in [0.25, 0.3) is 0 Å². The van der Waals surface area contributed by atoms with Gasteiger partial charge in [-0.2, -0.15) is 0 Å². The molecule has 0 saturated heterocycles. The summed E-state index contributed by atoms with van der Waals surface area (Å²) in [7, 11) is 1.16. The summed E-state index contributed by atoms with van der Waals surface area (Å²) in [6, 6.07) is 2.98. The monoisotopic (exact) mass is 224 g/mol. The van der Waals surface area contributed by atoms with Gasteiger partial charge in [0.05, 0.1) is 7.11 Å². The Bertz CT molecular complexity index is 429. The zero-order valence-corrected chi connectivity index (χ0v) is 9.00. The lowest BCUT2D eigenvalue weighted by atomic mass is 10.0. The van der Waals surface area contributed by atoms with E-state index in [0.29, 0.717) is 0 Å². The highest BCUT2D eigenvalue weighted by atomic mass is 19.1. The molecule has 0 radical (unpaired) electrons. The van der Waals surface area contributed by atoms with Gasteiger partial charge in [0.2, 0.25) is 0 Å². The molecule has 2 rings (SSSR count). The summed E-state index contributed by atoms with van der Waals surface area (Å²) in [5.74, 6) is -1.38. The van der Waals surface area contributed by atoms with Gasteiger partial charge in [0, 0.05) is 5.56 Å². The lowest BCUT2D eigenvalue weighted by molar-refractivity contribution is -0.150. The van der Waals surface area contributed by atoms with E-state index in [2.05, 4.69) is 4.74 Å². The van der Waals surface area contributed by atoms with Crippen LogP contribution in [0.2, 0.25) is 0 Å². The van der Waals surface area contributed by atoms with Crippen LogP contribution in [-0.2, 0) is 22.4 Å². The summed E-state index contributed by atoms with van der Waals surface area (Å²) in [4.78, 5) is 11.1. The molecule has 1 atom stereocenters. The fraction of sp³-hybridized carbons (Fsp3) is 0.417. The fourth-order valence-electron chi connectivity index (χ4n) is 2.06. The molecule has 1 aliphatic rings. The average molecular weight is 224 g/mol. The molecular formula is C12H13FO3. The number of methoxy groups -OCH3 is 1. The molecule has 0 saturated carbocycles. The third kappa shape index (κ3) is 1.80. The van der Waals surface area contributed by atoms with Crippen LogP contribution in [0.5, 0.6) is 0 Å². The summed E-state index contributed by atoms with van der Waals surface area (Å²) in [6.45, 7) is 0. The first-order valence-corrected chi connectivity index (χ1v) is 5.20. The highest BCUT2D eigenvalue weighted by molar-refractivity contribution is 5.76. The van der Waals surface area contributed by atoms with Gasteiger partial charge in [-0.3, -0.25) is 0 Å². The van der Waals surface area contributed by atoms with Crippen molar-refractivity contribution in [1.29, 1.82) is 0 Å². The van der Waals surface area contributed by atoms with Crippen molar-refractivity contribution in [3.8, 4) is 0 Å². The van der Waals surface area contributed by atoms with E-state index >= 15 is 0 Å². The van der Waals surface area contributed by atoms with Crippen LogP contribution < -0.4 is 0 Å². The third-order valence-corrected chi connectivity index (χ3v) is 2.93. The van der Waals surface area contributed by atoms with Crippen molar-refractivity contribution in [3.63, 3.8) is 0 Å². The number of aliphatic hydroxyl groups is 1. The first-order valence-electron chi connectivity index (χ1n) is 5.20. The molecule has 0 spiro atoms. The van der Waals surface area contributed by atoms with Gasteiger partial charge in [0.1, 0.15) is 5.82 Å². The number of aryl methyl sites for hydroxylation is 2. The number of carbonyl (C=O) groups excluding carboxylic acids is 1. The molecule has 1 unspecified atom stereocenters. The Morgan fingerprint density at radius 2 is 2.06 bits per heavy atom. The number of carbonyl (C=O) groups is 1. The number of rotatable bonds is 2. The zero-order chi connectivity index (χ0) is 11.7. The van der Waals surface area contributed by atoms with Crippen LogP contribution in [-0.4, -0.2) is 18.2 Å². The lowest BCUT2D eigenvalue weighted by Gasteiger charge is -2.11. The highest BCUT2D eigenvalue weighted by Crippen LogP contribution is 2.28. The van der Waals surface area contributed by atoms with Gasteiger partial charge in [0.25, 0.3) is 0 Å². The molecule has 1 aromatic carbocycles. The van der Waals surface area contributed by atoms with Gasteiger partial charge >= 0.3 is 5.97 Å². The minimum Gasteiger partial charge on any atom is -0.467 e. The first kappa shape index (κ1) is 11.1. The van der Waals surface area contributed by atoms with E-state index in [1.54, 1.807) is 6.07 Å². The second-order valence-electron chi connectivity index (χ2n) is 3.92. The van der Waals surface area contributed by atoms with Crippen molar-refractivity contribution >= 4 is 5.97 Å². The Morgan fingerprint density at radius 1 is 1.44 bits per heavy atom. The molecule has 0 aliphatic heterocycles. The topological polar surface area (TPSA) is 46.5 Å². The maximum absolute atomic E-state index is 13.6. The fourth-order valence-corrected chi connectivity index (χ4v) is 2.06. The zero-order valence-electron chi connectivity index (χ0n) is 9.00. The average Bonchev–Trinajstić information content (AvgIpc) is 2.72. The largest absolute Gasteiger partial charge is 0.467 e. The standard InChI is InChI=1S/C12H13FO3/c1-16-12(15)11(14)9-5-7-3-2-4-8(7)6-10(9)13/h5-6,11,14H,2-4H2,1H3. The number of esters is 1. The quantitative estimate of drug-likeness (QED) is 0.775. The minimum absolute atomic E-state index is 0.00694. The predicted molar refractivity (Wildman–Crippen MR) is 55.4 cm³/mol. The van der Waals surface area contributed by atoms with E-state index in [0.717, 1.165) is 37.5 Å². The smallest absolute Gasteiger partial charge is 0.339 e. The number of halogens is 1. The number of aliphatic hydroxyl groups excluding tert-OH is 1. The summed E-state index contributed by atoms with van der Waals surface area (Å²) >= 11 is 0. The van der Waals surface area contributed by atoms with Crippen LogP contribution >= 0.6 is 0 Å². The van der Waals surface area contributed by atoms with Crippen LogP contribution in [0.4, 0.5) is 4.39 Å². The van der Waals surface area contributed by atoms with Crippen molar-refractivity contribution in [3.05, 3.63) is 34.6 Å². The molecule has 0 bridgehead atoms. The summed E-state index contributed by atoms with van der Waals surface area (Å²) in [6.07, 6.45) is 1.19. The van der Waals surface area contributed by atoms with Crippen LogP contribution in [0.15, 0.2) is 12.1 Å². The van der Waals surface area contributed by atoms with Crippen molar-refractivity contribution in [2.45, 2.75) is 25.4 Å². The molecule has 0 amide bonds. The predicted octanol–water partition coefficient (Wildman–Crippen LogP) is 1.52. The SMILES string of the molecule is COC(=O)C(O)c1cc2c(cc1F)CCC2. The maximum Gasteiger partial charge on any atom is 0.339 e. The minimum atomic E-state index is -1.53. The molecule has 0 fully saturated rings. The number of ether oxygens (including phenoxy) is 1. The highest BCUT2D eigenvalue weighted by Gasteiger charge is 2.24. The molecule has 3 nitrogen and oxygen atoms in total. The number of benzene rings is 1. The van der Waals surface area contributed by atoms with Gasteiger partial charge in [-0.1, -0.05) is 0 Å². The van der Waals surface area contributed by atoms with Crippen molar-refractivity contribution in [1.82, 2.24) is 0 Å². The number of hydrogen-bond acceptors (Lipinski definition) is 3. The van der Waals surface area contributed by atoms with Crippen molar-refractivity contribution < 1.29 is 19.0 Å². The molecule has 0 aromatic heterocycles. The van der Waals surface area contributed by atoms with E-state index < -0.39 is 17.9 Å². The van der Waals surface area contributed by atoms with Gasteiger partial charge in [0.15, 0.2) is 6.10 Å². The van der Waals surface area contributed by atoms with Crippen LogP contribution in [0.3, 0.4) is 0 Å². The second kappa shape index (κ2) is 4.22. The van der Waals surface area contributed by atoms with Crippen LogP contribution in [0, 0.1) is 5.82 Å². The number of fused-ring (bicyclic) bond motifs is 1. The summed E-state index contributed by atoms with van der Waals surface area (Å²) in [5, 5.41) is 9.59. The van der Waals surface area contributed by atoms with Crippen molar-refractivity contribution in [2.75, 3.05) is 7.11 Å². The Kier molecular flexibility index (Phi) is 2.92. The molecule has 0 heterocycles. The Hall–Kier alpha value is -1.42. The van der Waals surface area contributed by atoms with E-state index in [9.17, 15) is 14.3 Å². The molecule has 1 aromatic rings. The van der Waals surface area contributed by atoms with Gasteiger partial charge in [-0.25, -0.2) is 9.18 Å². The molecular weight excluding hydrogens is 211 g/mol. The van der Waals surface area contributed by atoms with Gasteiger partial charge in [-0.05, 0) is 42.5 Å². The first-order chi connectivity index (χ1) is 7.63. The number of hydrogen-bond donors (Lipinski definition) is 1. The van der Waals surface area contributed by atoms with E-state index in [1.165, 1.54) is 6.07 Å². The Balaban J connectivity index is 2.38. The van der Waals surface area contributed by atoms with Crippen LogP contribution in [0.1, 0.15) is 29.2 Å². The Morgan fingerprint density at radius 3 is 2.69 bits per heavy atom. The molecule has 4 heteroatoms. The molecule has 86 valence electrons. The third-order valence-electron chi connectivity index (χ3n) is 2.93. The molecule has 1 N–H and O–H groups in total. The summed E-state index contributed by atoms with van der Waals surface area (Å²) in [5.41, 5.74) is 1.99. The maximum atomic E-state index is 13.6. The molecule has 1 aliphatic carbocycles. The Labute approximate surface area is 92.9 Å². The lowest BCUT2D eigenvalue weighted by Crippen LogP contribution is -2.15. The normalized spacial score (nSPS) is 15.7. The van der Waals surface area contributed by atoms with Gasteiger partial charge < -0.3 is 9.84 Å². The van der Waals surface area contributed by atoms with Gasteiger partial charge in [-0.15, -0.1) is 0 Å². The van der Waals surface area contributed by atoms with E-state index in [-0.39, 0.29) is 5.56 Å². The second-order valence-corrected chi connectivity index (χ2v) is 3.92. The van der Waals surface area contributed by atoms with E-state index in [1.807, 2.05) is 0 Å². The van der Waals surface area contributed by atoms with Crippen molar-refractivity contribution in [2.24, 2.45) is 0 Å². The summed E-state index contributed by atoms with van der Waals surface area (Å²) < 4.78 is 18.0.